The molecule has 1 aliphatic heterocycles. The number of aromatic nitrogens is 5. The average Bonchev–Trinajstić information content (AvgIpc) is 3.45. The van der Waals surface area contributed by atoms with Crippen molar-refractivity contribution in [3.8, 4) is 28.3 Å². The predicted octanol–water partition coefficient (Wildman–Crippen LogP) is 4.07. The van der Waals surface area contributed by atoms with Crippen molar-refractivity contribution < 1.29 is 13.9 Å². The summed E-state index contributed by atoms with van der Waals surface area (Å²) in [6.45, 7) is 2.83. The summed E-state index contributed by atoms with van der Waals surface area (Å²) in [6, 6.07) is 5.04. The van der Waals surface area contributed by atoms with E-state index in [0.29, 0.717) is 46.6 Å². The molecule has 4 heterocycles. The Morgan fingerprint density at radius 2 is 2.10 bits per heavy atom. The Balaban J connectivity index is 1.69. The van der Waals surface area contributed by atoms with Gasteiger partial charge in [-0.15, -0.1) is 5.10 Å². The van der Waals surface area contributed by atoms with Crippen molar-refractivity contribution in [2.45, 2.75) is 19.4 Å². The van der Waals surface area contributed by atoms with E-state index in [0.717, 1.165) is 17.5 Å². The number of ether oxygens (including phenoxy) is 2. The van der Waals surface area contributed by atoms with E-state index in [4.69, 9.17) is 26.2 Å². The van der Waals surface area contributed by atoms with Gasteiger partial charge in [0.2, 0.25) is 5.88 Å². The van der Waals surface area contributed by atoms with Crippen LogP contribution in [0.4, 0.5) is 4.39 Å². The van der Waals surface area contributed by atoms with Crippen molar-refractivity contribution in [3.63, 3.8) is 0 Å². The first-order valence-corrected chi connectivity index (χ1v) is 9.95. The largest absolute Gasteiger partial charge is 0.470 e. The molecule has 154 valence electrons. The van der Waals surface area contributed by atoms with Crippen molar-refractivity contribution in [1.29, 1.82) is 0 Å². The standard InChI is InChI=1S/C21H19ClFN5O2/c1-12-5-14(22)6-17(20(12)23)18-9-24-19-7-16(13-8-25-27(2)10-13)21(26-28(18)19)30-15-3-4-29-11-15/h5-10,15H,3-4,11H2,1-2H3. The normalized spacial score (nSPS) is 16.5. The topological polar surface area (TPSA) is 66.5 Å². The van der Waals surface area contributed by atoms with Crippen molar-refractivity contribution in [2.75, 3.05) is 13.2 Å². The number of aryl methyl sites for hydroxylation is 2. The summed E-state index contributed by atoms with van der Waals surface area (Å²) in [4.78, 5) is 4.44. The Bertz CT molecular complexity index is 1250. The lowest BCUT2D eigenvalue weighted by molar-refractivity contribution is 0.137. The Hall–Kier alpha value is -2.97. The molecule has 3 aromatic heterocycles. The van der Waals surface area contributed by atoms with Crippen LogP contribution in [0.5, 0.6) is 5.88 Å². The number of halogens is 2. The third kappa shape index (κ3) is 3.32. The molecule has 0 bridgehead atoms. The molecule has 1 aliphatic rings. The van der Waals surface area contributed by atoms with E-state index >= 15 is 0 Å². The van der Waals surface area contributed by atoms with Crippen molar-refractivity contribution in [3.05, 3.63) is 53.2 Å². The molecule has 0 N–H and O–H groups in total. The fraction of sp³-hybridized carbons (Fsp3) is 0.286. The Labute approximate surface area is 177 Å². The van der Waals surface area contributed by atoms with E-state index in [1.54, 1.807) is 40.6 Å². The first kappa shape index (κ1) is 19.0. The molecule has 0 saturated carbocycles. The van der Waals surface area contributed by atoms with Crippen LogP contribution in [-0.4, -0.2) is 43.7 Å². The summed E-state index contributed by atoms with van der Waals surface area (Å²) in [5.74, 6) is 0.0652. The highest BCUT2D eigenvalue weighted by molar-refractivity contribution is 6.31. The smallest absolute Gasteiger partial charge is 0.240 e. The van der Waals surface area contributed by atoms with Gasteiger partial charge in [0.15, 0.2) is 5.65 Å². The molecule has 0 amide bonds. The maximum absolute atomic E-state index is 14.9. The number of rotatable bonds is 4. The lowest BCUT2D eigenvalue weighted by atomic mass is 10.1. The zero-order valence-electron chi connectivity index (χ0n) is 16.5. The number of benzene rings is 1. The first-order chi connectivity index (χ1) is 14.5. The molecule has 7 nitrogen and oxygen atoms in total. The lowest BCUT2D eigenvalue weighted by Gasteiger charge is -2.15. The summed E-state index contributed by atoms with van der Waals surface area (Å²) in [7, 11) is 1.85. The Morgan fingerprint density at radius 1 is 1.23 bits per heavy atom. The highest BCUT2D eigenvalue weighted by Crippen LogP contribution is 2.34. The van der Waals surface area contributed by atoms with Crippen molar-refractivity contribution in [2.24, 2.45) is 7.05 Å². The van der Waals surface area contributed by atoms with E-state index in [2.05, 4.69) is 10.1 Å². The molecular formula is C21H19ClFN5O2. The molecule has 5 rings (SSSR count). The first-order valence-electron chi connectivity index (χ1n) is 9.58. The van der Waals surface area contributed by atoms with Gasteiger partial charge in [-0.1, -0.05) is 11.6 Å². The van der Waals surface area contributed by atoms with Crippen LogP contribution in [0.2, 0.25) is 5.02 Å². The van der Waals surface area contributed by atoms with Gasteiger partial charge in [-0.05, 0) is 30.7 Å². The fourth-order valence-electron chi connectivity index (χ4n) is 3.61. The zero-order chi connectivity index (χ0) is 20.8. The highest BCUT2D eigenvalue weighted by Gasteiger charge is 2.23. The summed E-state index contributed by atoms with van der Waals surface area (Å²) in [5.41, 5.74) is 3.48. The molecule has 1 atom stereocenters. The van der Waals surface area contributed by atoms with Crippen LogP contribution in [0.3, 0.4) is 0 Å². The van der Waals surface area contributed by atoms with E-state index < -0.39 is 0 Å². The van der Waals surface area contributed by atoms with Crippen LogP contribution >= 0.6 is 11.6 Å². The minimum absolute atomic E-state index is 0.0949. The summed E-state index contributed by atoms with van der Waals surface area (Å²) >= 11 is 6.18. The van der Waals surface area contributed by atoms with Gasteiger partial charge in [0, 0.05) is 35.8 Å². The second-order valence-corrected chi connectivity index (χ2v) is 7.80. The van der Waals surface area contributed by atoms with E-state index in [1.165, 1.54) is 0 Å². The molecular weight excluding hydrogens is 409 g/mol. The summed E-state index contributed by atoms with van der Waals surface area (Å²) < 4.78 is 29.8. The maximum Gasteiger partial charge on any atom is 0.240 e. The van der Waals surface area contributed by atoms with Gasteiger partial charge in [-0.3, -0.25) is 4.68 Å². The van der Waals surface area contributed by atoms with Crippen LogP contribution in [0, 0.1) is 12.7 Å². The summed E-state index contributed by atoms with van der Waals surface area (Å²) in [6.07, 6.45) is 5.91. The number of hydrogen-bond acceptors (Lipinski definition) is 5. The zero-order valence-corrected chi connectivity index (χ0v) is 17.2. The molecule has 30 heavy (non-hydrogen) atoms. The van der Waals surface area contributed by atoms with Gasteiger partial charge in [0.05, 0.1) is 36.9 Å². The number of imidazole rings is 1. The Kier molecular flexibility index (Phi) is 4.67. The van der Waals surface area contributed by atoms with Gasteiger partial charge >= 0.3 is 0 Å². The minimum Gasteiger partial charge on any atom is -0.470 e. The second-order valence-electron chi connectivity index (χ2n) is 7.37. The average molecular weight is 428 g/mol. The number of nitrogens with zero attached hydrogens (tertiary/aromatic N) is 5. The van der Waals surface area contributed by atoms with Gasteiger partial charge in [0.1, 0.15) is 11.9 Å². The van der Waals surface area contributed by atoms with E-state index in [-0.39, 0.29) is 11.9 Å². The highest BCUT2D eigenvalue weighted by atomic mass is 35.5. The van der Waals surface area contributed by atoms with Gasteiger partial charge < -0.3 is 9.47 Å². The number of fused-ring (bicyclic) bond motifs is 1. The second kappa shape index (κ2) is 7.37. The van der Waals surface area contributed by atoms with Crippen LogP contribution in [0.15, 0.2) is 36.8 Å². The molecule has 4 aromatic rings. The molecule has 9 heteroatoms. The predicted molar refractivity (Wildman–Crippen MR) is 110 cm³/mol. The third-order valence-corrected chi connectivity index (χ3v) is 5.35. The molecule has 1 saturated heterocycles. The lowest BCUT2D eigenvalue weighted by Crippen LogP contribution is -2.18. The molecule has 1 fully saturated rings. The van der Waals surface area contributed by atoms with Crippen molar-refractivity contribution in [1.82, 2.24) is 24.4 Å². The monoisotopic (exact) mass is 427 g/mol. The number of hydrogen-bond donors (Lipinski definition) is 0. The van der Waals surface area contributed by atoms with Crippen molar-refractivity contribution >= 4 is 17.2 Å². The van der Waals surface area contributed by atoms with E-state index in [1.807, 2.05) is 19.3 Å². The molecule has 0 spiro atoms. The van der Waals surface area contributed by atoms with Crippen LogP contribution in [-0.2, 0) is 11.8 Å². The molecule has 0 radical (unpaired) electrons. The fourth-order valence-corrected chi connectivity index (χ4v) is 3.89. The van der Waals surface area contributed by atoms with Gasteiger partial charge in [0.25, 0.3) is 0 Å². The van der Waals surface area contributed by atoms with Crippen LogP contribution < -0.4 is 4.74 Å². The SMILES string of the molecule is Cc1cc(Cl)cc(-c2cnc3cc(-c4cnn(C)c4)c(OC4CCOC4)nn23)c1F. The molecule has 0 aliphatic carbocycles. The van der Waals surface area contributed by atoms with Gasteiger partial charge in [-0.2, -0.15) is 5.10 Å². The quantitative estimate of drug-likeness (QED) is 0.491. The Morgan fingerprint density at radius 3 is 2.83 bits per heavy atom. The molecule has 1 aromatic carbocycles. The van der Waals surface area contributed by atoms with Crippen LogP contribution in [0.1, 0.15) is 12.0 Å². The summed E-state index contributed by atoms with van der Waals surface area (Å²) in [5, 5.41) is 9.39. The minimum atomic E-state index is -0.356. The maximum atomic E-state index is 14.9. The van der Waals surface area contributed by atoms with E-state index in [9.17, 15) is 4.39 Å². The van der Waals surface area contributed by atoms with Gasteiger partial charge in [-0.25, -0.2) is 13.9 Å². The third-order valence-electron chi connectivity index (χ3n) is 5.14. The van der Waals surface area contributed by atoms with Crippen LogP contribution in [0.25, 0.3) is 28.0 Å². The molecule has 1 unspecified atom stereocenters.